The van der Waals surface area contributed by atoms with Crippen molar-refractivity contribution in [2.45, 2.75) is 239 Å². The van der Waals surface area contributed by atoms with Crippen molar-refractivity contribution in [3.8, 4) is 0 Å². The minimum Gasteiger partial charge on any atom is -0.396 e. The molecule has 0 aromatic rings. The number of rotatable bonds is 44. The van der Waals surface area contributed by atoms with Gasteiger partial charge in [0.05, 0.1) is 25.9 Å². The van der Waals surface area contributed by atoms with Gasteiger partial charge in [0.2, 0.25) is 0 Å². The number of Topliss-reactive ketones (excluding diaryl/α,β-unsaturated/α-hetero) is 4. The molecule has 0 saturated heterocycles. The maximum atomic E-state index is 14.0. The number of carbonyl (C=O) groups excluding carboxylic acids is 4. The van der Waals surface area contributed by atoms with Gasteiger partial charge >= 0.3 is 0 Å². The quantitative estimate of drug-likeness (QED) is 0.0495. The summed E-state index contributed by atoms with van der Waals surface area (Å²) < 4.78 is 32.6. The minimum atomic E-state index is -1.15. The average Bonchev–Trinajstić information content (AvgIpc) is 3.28. The van der Waals surface area contributed by atoms with Crippen LogP contribution in [0, 0.1) is 5.41 Å². The Hall–Kier alpha value is -1.64. The molecule has 0 spiro atoms. The molecule has 62 heavy (non-hydrogen) atoms. The molecule has 0 aliphatic heterocycles. The standard InChI is InChI=1S/C50H94O12/c1-11-41(6)58-36-27-19-23-31-45(57)49(10,15-5)62-40-50(38-60-47(8,13-3)43(55)29-21-17-25-34-52,39-61-48(9,14-4)44(56)30-22-18-26-35-53)32-37-59-46(7,12-2)42(54)28-20-16-24-33-51/h41,51-53H,11-40H2,1-10H3. The lowest BCUT2D eigenvalue weighted by atomic mass is 9.84. The van der Waals surface area contributed by atoms with Crippen molar-refractivity contribution in [1.29, 1.82) is 0 Å². The van der Waals surface area contributed by atoms with E-state index in [9.17, 15) is 34.5 Å². The molecule has 0 fully saturated rings. The molecule has 0 radical (unpaired) electrons. The van der Waals surface area contributed by atoms with Gasteiger partial charge in [-0.05, 0) is 125 Å². The Morgan fingerprint density at radius 2 is 0.742 bits per heavy atom. The van der Waals surface area contributed by atoms with Crippen LogP contribution in [0.4, 0.5) is 0 Å². The minimum absolute atomic E-state index is 0.00208. The summed E-state index contributed by atoms with van der Waals surface area (Å²) in [5.74, 6) is -0.114. The van der Waals surface area contributed by atoms with Crippen LogP contribution in [0.25, 0.3) is 0 Å². The SMILES string of the molecule is CCC(C)OCCCCCC(=O)C(C)(CC)OCC(CCOC(C)(CC)C(=O)CCCCCO)(COC(C)(CC)C(=O)CCCCCO)COC(C)(CC)C(=O)CCCCCO. The summed E-state index contributed by atoms with van der Waals surface area (Å²) in [5, 5.41) is 27.8. The third-order valence-corrected chi connectivity index (χ3v) is 13.4. The summed E-state index contributed by atoms with van der Waals surface area (Å²) in [7, 11) is 0. The first-order chi connectivity index (χ1) is 29.4. The number of ketones is 4. The van der Waals surface area contributed by atoms with Gasteiger partial charge < -0.3 is 39.0 Å². The molecule has 12 nitrogen and oxygen atoms in total. The number of hydrogen-bond donors (Lipinski definition) is 3. The second-order valence-electron chi connectivity index (χ2n) is 18.5. The van der Waals surface area contributed by atoms with Gasteiger partial charge in [0.15, 0.2) is 23.1 Å². The topological polar surface area (TPSA) is 175 Å². The van der Waals surface area contributed by atoms with Gasteiger partial charge in [-0.3, -0.25) is 19.2 Å². The fourth-order valence-corrected chi connectivity index (χ4v) is 7.04. The zero-order valence-electron chi connectivity index (χ0n) is 41.3. The predicted octanol–water partition coefficient (Wildman–Crippen LogP) is 9.41. The predicted molar refractivity (Wildman–Crippen MR) is 247 cm³/mol. The molecule has 0 amide bonds. The van der Waals surface area contributed by atoms with E-state index in [-0.39, 0.29) is 81.9 Å². The van der Waals surface area contributed by atoms with E-state index in [4.69, 9.17) is 23.7 Å². The van der Waals surface area contributed by atoms with Gasteiger partial charge in [0.1, 0.15) is 22.4 Å². The highest BCUT2D eigenvalue weighted by atomic mass is 16.5. The molecule has 366 valence electrons. The van der Waals surface area contributed by atoms with Crippen molar-refractivity contribution in [1.82, 2.24) is 0 Å². The first-order valence-corrected chi connectivity index (χ1v) is 24.5. The molecule has 0 bridgehead atoms. The molecule has 3 N–H and O–H groups in total. The second-order valence-corrected chi connectivity index (χ2v) is 18.5. The lowest BCUT2D eigenvalue weighted by molar-refractivity contribution is -0.185. The van der Waals surface area contributed by atoms with E-state index in [0.29, 0.717) is 103 Å². The van der Waals surface area contributed by atoms with Crippen LogP contribution >= 0.6 is 0 Å². The van der Waals surface area contributed by atoms with E-state index in [1.165, 1.54) is 0 Å². The van der Waals surface area contributed by atoms with E-state index in [1.54, 1.807) is 13.8 Å². The Bertz CT molecular complexity index is 1180. The van der Waals surface area contributed by atoms with Crippen molar-refractivity contribution in [3.63, 3.8) is 0 Å². The van der Waals surface area contributed by atoms with E-state index in [1.807, 2.05) is 41.5 Å². The Kier molecular flexibility index (Phi) is 32.1. The first kappa shape index (κ1) is 60.4. The second kappa shape index (κ2) is 32.9. The third-order valence-electron chi connectivity index (χ3n) is 13.4. The van der Waals surface area contributed by atoms with Gasteiger partial charge in [-0.25, -0.2) is 0 Å². The molecular formula is C50H94O12. The molecule has 0 aliphatic rings. The van der Waals surface area contributed by atoms with Gasteiger partial charge in [0.25, 0.3) is 0 Å². The molecule has 12 heteroatoms. The molecule has 0 aromatic carbocycles. The first-order valence-electron chi connectivity index (χ1n) is 24.5. The third kappa shape index (κ3) is 22.5. The van der Waals surface area contributed by atoms with Crippen molar-refractivity contribution < 1.29 is 58.2 Å². The highest BCUT2D eigenvalue weighted by Gasteiger charge is 2.44. The van der Waals surface area contributed by atoms with Crippen molar-refractivity contribution >= 4 is 23.1 Å². The van der Waals surface area contributed by atoms with Crippen LogP contribution in [-0.2, 0) is 42.9 Å². The molecule has 0 aromatic heterocycles. The van der Waals surface area contributed by atoms with Crippen LogP contribution < -0.4 is 0 Å². The number of aliphatic hydroxyl groups is 3. The lowest BCUT2D eigenvalue weighted by Gasteiger charge is -2.42. The van der Waals surface area contributed by atoms with Crippen molar-refractivity contribution in [3.05, 3.63) is 0 Å². The van der Waals surface area contributed by atoms with Gasteiger partial charge in [0, 0.05) is 64.1 Å². The number of unbranched alkanes of at least 4 members (excludes halogenated alkanes) is 8. The monoisotopic (exact) mass is 887 g/mol. The maximum absolute atomic E-state index is 14.0. The molecule has 5 atom stereocenters. The highest BCUT2D eigenvalue weighted by molar-refractivity contribution is 5.88. The van der Waals surface area contributed by atoms with Gasteiger partial charge in [-0.1, -0.05) is 60.3 Å². The highest BCUT2D eigenvalue weighted by Crippen LogP contribution is 2.35. The smallest absolute Gasteiger partial charge is 0.164 e. The van der Waals surface area contributed by atoms with E-state index in [2.05, 4.69) is 13.8 Å². The number of aliphatic hydroxyl groups excluding tert-OH is 3. The van der Waals surface area contributed by atoms with Crippen LogP contribution in [-0.4, -0.2) is 120 Å². The largest absolute Gasteiger partial charge is 0.396 e. The summed E-state index contributed by atoms with van der Waals surface area (Å²) in [5.41, 5.74) is -5.51. The summed E-state index contributed by atoms with van der Waals surface area (Å²) in [6.45, 7) is 20.1. The van der Waals surface area contributed by atoms with E-state index >= 15 is 0 Å². The van der Waals surface area contributed by atoms with E-state index in [0.717, 1.165) is 38.5 Å². The number of hydrogen-bond acceptors (Lipinski definition) is 12. The average molecular weight is 887 g/mol. The summed E-state index contributed by atoms with van der Waals surface area (Å²) >= 11 is 0. The number of carbonyl (C=O) groups is 4. The van der Waals surface area contributed by atoms with Crippen LogP contribution in [0.2, 0.25) is 0 Å². The Morgan fingerprint density at radius 3 is 1.03 bits per heavy atom. The van der Waals surface area contributed by atoms with Crippen LogP contribution in [0.15, 0.2) is 0 Å². The summed E-state index contributed by atoms with van der Waals surface area (Å²) in [6.07, 6.45) is 12.8. The Morgan fingerprint density at radius 1 is 0.435 bits per heavy atom. The summed E-state index contributed by atoms with van der Waals surface area (Å²) in [6, 6.07) is 0. The zero-order valence-corrected chi connectivity index (χ0v) is 41.3. The molecular weight excluding hydrogens is 793 g/mol. The number of ether oxygens (including phenoxy) is 5. The van der Waals surface area contributed by atoms with Crippen molar-refractivity contribution in [2.75, 3.05) is 52.9 Å². The molecule has 0 saturated carbocycles. The molecule has 5 unspecified atom stereocenters. The fourth-order valence-electron chi connectivity index (χ4n) is 7.04. The van der Waals surface area contributed by atoms with Crippen LogP contribution in [0.5, 0.6) is 0 Å². The Labute approximate surface area is 377 Å². The zero-order chi connectivity index (χ0) is 47.1. The maximum Gasteiger partial charge on any atom is 0.164 e. The van der Waals surface area contributed by atoms with Crippen LogP contribution in [0.3, 0.4) is 0 Å². The molecule has 0 rings (SSSR count). The van der Waals surface area contributed by atoms with Crippen molar-refractivity contribution in [2.24, 2.45) is 5.41 Å². The molecule has 0 aliphatic carbocycles. The normalized spacial score (nSPS) is 17.3. The van der Waals surface area contributed by atoms with Crippen LogP contribution in [0.1, 0.15) is 210 Å². The summed E-state index contributed by atoms with van der Waals surface area (Å²) in [4.78, 5) is 55.1. The van der Waals surface area contributed by atoms with Gasteiger partial charge in [-0.15, -0.1) is 0 Å². The lowest BCUT2D eigenvalue weighted by Crippen LogP contribution is -2.50. The van der Waals surface area contributed by atoms with Gasteiger partial charge in [-0.2, -0.15) is 0 Å². The Balaban J connectivity index is 6.93. The van der Waals surface area contributed by atoms with E-state index < -0.39 is 27.8 Å². The fraction of sp³-hybridized carbons (Fsp3) is 0.920. The molecule has 0 heterocycles.